The van der Waals surface area contributed by atoms with Crippen LogP contribution in [0, 0.1) is 5.41 Å². The quantitative estimate of drug-likeness (QED) is 0.757. The second-order valence-corrected chi connectivity index (χ2v) is 7.04. The molecule has 0 heterocycles. The van der Waals surface area contributed by atoms with E-state index in [0.29, 0.717) is 19.3 Å². The van der Waals surface area contributed by atoms with Crippen LogP contribution in [-0.2, 0) is 14.8 Å². The third-order valence-electron chi connectivity index (χ3n) is 3.70. The summed E-state index contributed by atoms with van der Waals surface area (Å²) in [5.74, 6) is -0.964. The van der Waals surface area contributed by atoms with Gasteiger partial charge in [0.2, 0.25) is 10.0 Å². The number of carboxylic acid groups (broad SMARTS) is 1. The topological polar surface area (TPSA) is 83.5 Å². The largest absolute Gasteiger partial charge is 0.481 e. The molecule has 0 aromatic carbocycles. The zero-order valence-electron chi connectivity index (χ0n) is 10.4. The van der Waals surface area contributed by atoms with Crippen LogP contribution in [-0.4, -0.2) is 31.3 Å². The maximum Gasteiger partial charge on any atom is 0.310 e. The first-order valence-electron chi connectivity index (χ1n) is 6.04. The minimum absolute atomic E-state index is 0.0301. The first kappa shape index (κ1) is 14.4. The van der Waals surface area contributed by atoms with Gasteiger partial charge in [-0.15, -0.1) is 0 Å². The molecule has 6 heteroatoms. The molecule has 0 spiro atoms. The van der Waals surface area contributed by atoms with E-state index in [1.54, 1.807) is 13.8 Å². The summed E-state index contributed by atoms with van der Waals surface area (Å²) in [6, 6.07) is 0. The SMILES string of the molecule is CCC(C)(CNS(=O)(=O)C1CCCC1)C(=O)O. The molecule has 0 aromatic heterocycles. The summed E-state index contributed by atoms with van der Waals surface area (Å²) in [6.07, 6.45) is 3.65. The van der Waals surface area contributed by atoms with Gasteiger partial charge in [0.05, 0.1) is 10.7 Å². The third-order valence-corrected chi connectivity index (χ3v) is 5.60. The Balaban J connectivity index is 2.63. The second kappa shape index (κ2) is 5.35. The van der Waals surface area contributed by atoms with Crippen molar-refractivity contribution >= 4 is 16.0 Å². The van der Waals surface area contributed by atoms with Crippen molar-refractivity contribution in [2.45, 2.75) is 51.2 Å². The van der Waals surface area contributed by atoms with Crippen LogP contribution in [0.1, 0.15) is 46.0 Å². The van der Waals surface area contributed by atoms with Crippen molar-refractivity contribution in [2.24, 2.45) is 5.41 Å². The molecular formula is C11H21NO4S. The Labute approximate surface area is 103 Å². The van der Waals surface area contributed by atoms with Gasteiger partial charge in [0.15, 0.2) is 0 Å². The van der Waals surface area contributed by atoms with Crippen molar-refractivity contribution in [3.05, 3.63) is 0 Å². The summed E-state index contributed by atoms with van der Waals surface area (Å²) in [6.45, 7) is 3.28. The first-order chi connectivity index (χ1) is 7.82. The summed E-state index contributed by atoms with van der Waals surface area (Å²) in [5, 5.41) is 8.72. The summed E-state index contributed by atoms with van der Waals surface area (Å²) in [4.78, 5) is 11.1. The Hall–Kier alpha value is -0.620. The van der Waals surface area contributed by atoms with Crippen molar-refractivity contribution < 1.29 is 18.3 Å². The standard InChI is InChI=1S/C11H21NO4S/c1-3-11(2,10(13)14)8-12-17(15,16)9-6-4-5-7-9/h9,12H,3-8H2,1-2H3,(H,13,14). The Bertz CT molecular complexity index is 373. The number of hydrogen-bond donors (Lipinski definition) is 2. The number of carboxylic acids is 1. The molecule has 1 saturated carbocycles. The highest BCUT2D eigenvalue weighted by Crippen LogP contribution is 2.25. The van der Waals surface area contributed by atoms with E-state index in [0.717, 1.165) is 12.8 Å². The maximum absolute atomic E-state index is 11.9. The normalized spacial score (nSPS) is 21.3. The van der Waals surface area contributed by atoms with Gasteiger partial charge < -0.3 is 5.11 Å². The number of rotatable bonds is 6. The van der Waals surface area contributed by atoms with Gasteiger partial charge in [0.1, 0.15) is 0 Å². The number of nitrogens with one attached hydrogen (secondary N) is 1. The van der Waals surface area contributed by atoms with Gasteiger partial charge in [-0.1, -0.05) is 19.8 Å². The maximum atomic E-state index is 11.9. The van der Waals surface area contributed by atoms with Gasteiger partial charge in [-0.2, -0.15) is 0 Å². The molecule has 5 nitrogen and oxygen atoms in total. The minimum Gasteiger partial charge on any atom is -0.481 e. The van der Waals surface area contributed by atoms with Crippen molar-refractivity contribution in [1.82, 2.24) is 4.72 Å². The van der Waals surface area contributed by atoms with Gasteiger partial charge >= 0.3 is 5.97 Å². The van der Waals surface area contributed by atoms with Crippen LogP contribution in [0.3, 0.4) is 0 Å². The highest BCUT2D eigenvalue weighted by molar-refractivity contribution is 7.90. The monoisotopic (exact) mass is 263 g/mol. The minimum atomic E-state index is -3.35. The lowest BCUT2D eigenvalue weighted by Crippen LogP contribution is -2.43. The molecule has 1 aliphatic rings. The first-order valence-corrected chi connectivity index (χ1v) is 7.58. The van der Waals surface area contributed by atoms with Gasteiger partial charge in [0.25, 0.3) is 0 Å². The Morgan fingerprint density at radius 1 is 1.41 bits per heavy atom. The van der Waals surface area contributed by atoms with E-state index < -0.39 is 21.4 Å². The van der Waals surface area contributed by atoms with Crippen LogP contribution in [0.5, 0.6) is 0 Å². The van der Waals surface area contributed by atoms with Gasteiger partial charge in [-0.05, 0) is 26.2 Å². The number of sulfonamides is 1. The highest BCUT2D eigenvalue weighted by Gasteiger charge is 2.35. The Morgan fingerprint density at radius 2 is 1.94 bits per heavy atom. The van der Waals surface area contributed by atoms with Crippen molar-refractivity contribution in [3.63, 3.8) is 0 Å². The fraction of sp³-hybridized carbons (Fsp3) is 0.909. The molecule has 2 N–H and O–H groups in total. The van der Waals surface area contributed by atoms with Gasteiger partial charge in [-0.25, -0.2) is 13.1 Å². The molecule has 1 aliphatic carbocycles. The summed E-state index contributed by atoms with van der Waals surface area (Å²) >= 11 is 0. The lowest BCUT2D eigenvalue weighted by atomic mass is 9.88. The smallest absolute Gasteiger partial charge is 0.310 e. The van der Waals surface area contributed by atoms with Gasteiger partial charge in [0, 0.05) is 6.54 Å². The van der Waals surface area contributed by atoms with Crippen LogP contribution in [0.4, 0.5) is 0 Å². The fourth-order valence-electron chi connectivity index (χ4n) is 1.93. The van der Waals surface area contributed by atoms with Crippen molar-refractivity contribution in [2.75, 3.05) is 6.54 Å². The average Bonchev–Trinajstić information content (AvgIpc) is 2.79. The molecule has 0 radical (unpaired) electrons. The molecule has 0 saturated heterocycles. The van der Waals surface area contributed by atoms with Crippen molar-refractivity contribution in [3.8, 4) is 0 Å². The molecule has 0 amide bonds. The number of hydrogen-bond acceptors (Lipinski definition) is 3. The van der Waals surface area contributed by atoms with E-state index in [1.807, 2.05) is 0 Å². The molecule has 1 unspecified atom stereocenters. The van der Waals surface area contributed by atoms with Crippen LogP contribution >= 0.6 is 0 Å². The highest BCUT2D eigenvalue weighted by atomic mass is 32.2. The van der Waals surface area contributed by atoms with Crippen molar-refractivity contribution in [1.29, 1.82) is 0 Å². The Kier molecular flexibility index (Phi) is 4.55. The predicted octanol–water partition coefficient (Wildman–Crippen LogP) is 1.35. The lowest BCUT2D eigenvalue weighted by molar-refractivity contribution is -0.147. The number of carbonyl (C=O) groups is 1. The molecule has 100 valence electrons. The summed E-state index contributed by atoms with van der Waals surface area (Å²) < 4.78 is 26.3. The molecule has 0 aromatic rings. The summed E-state index contributed by atoms with van der Waals surface area (Å²) in [5.41, 5.74) is -1.02. The second-order valence-electron chi connectivity index (χ2n) is 4.99. The molecular weight excluding hydrogens is 242 g/mol. The fourth-order valence-corrected chi connectivity index (χ4v) is 3.64. The van der Waals surface area contributed by atoms with Crippen LogP contribution in [0.15, 0.2) is 0 Å². The predicted molar refractivity (Wildman–Crippen MR) is 65.2 cm³/mol. The van der Waals surface area contributed by atoms with E-state index in [-0.39, 0.29) is 11.8 Å². The van der Waals surface area contributed by atoms with E-state index in [2.05, 4.69) is 4.72 Å². The van der Waals surface area contributed by atoms with Crippen LogP contribution < -0.4 is 4.72 Å². The van der Waals surface area contributed by atoms with Crippen LogP contribution in [0.25, 0.3) is 0 Å². The van der Waals surface area contributed by atoms with E-state index in [9.17, 15) is 13.2 Å². The van der Waals surface area contributed by atoms with Crippen LogP contribution in [0.2, 0.25) is 0 Å². The average molecular weight is 263 g/mol. The summed E-state index contributed by atoms with van der Waals surface area (Å²) in [7, 11) is -3.35. The molecule has 0 aliphatic heterocycles. The van der Waals surface area contributed by atoms with E-state index in [1.165, 1.54) is 0 Å². The lowest BCUT2D eigenvalue weighted by Gasteiger charge is -2.24. The van der Waals surface area contributed by atoms with Gasteiger partial charge in [-0.3, -0.25) is 4.79 Å². The zero-order chi connectivity index (χ0) is 13.1. The molecule has 0 bridgehead atoms. The molecule has 17 heavy (non-hydrogen) atoms. The van der Waals surface area contributed by atoms with E-state index in [4.69, 9.17) is 5.11 Å². The zero-order valence-corrected chi connectivity index (χ0v) is 11.2. The number of aliphatic carboxylic acids is 1. The molecule has 1 atom stereocenters. The third kappa shape index (κ3) is 3.42. The Morgan fingerprint density at radius 3 is 2.35 bits per heavy atom. The van der Waals surface area contributed by atoms with E-state index >= 15 is 0 Å². The molecule has 1 fully saturated rings. The molecule has 1 rings (SSSR count).